The topological polar surface area (TPSA) is 65.0 Å². The number of hydrogen-bond acceptors (Lipinski definition) is 5. The molecule has 0 unspecified atom stereocenters. The third kappa shape index (κ3) is 2.84. The highest BCUT2D eigenvalue weighted by molar-refractivity contribution is 5.95. The van der Waals surface area contributed by atoms with Crippen molar-refractivity contribution in [2.24, 2.45) is 0 Å². The standard InChI is InChI=1S/C12H11N3O2/c1-17-12-6-10(14-8-15-12)11(16)5-9-3-2-4-13-7-9/h2-4,6-8H,5H2,1H3. The number of carbonyl (C=O) groups is 1. The minimum Gasteiger partial charge on any atom is -0.481 e. The second-order valence-corrected chi connectivity index (χ2v) is 3.41. The van der Waals surface area contributed by atoms with Crippen LogP contribution in [0.4, 0.5) is 0 Å². The quantitative estimate of drug-likeness (QED) is 0.739. The maximum Gasteiger partial charge on any atom is 0.216 e. The van der Waals surface area contributed by atoms with Crippen molar-refractivity contribution in [2.75, 3.05) is 7.11 Å². The Morgan fingerprint density at radius 2 is 2.29 bits per heavy atom. The van der Waals surface area contributed by atoms with Crippen LogP contribution in [0.1, 0.15) is 16.1 Å². The number of ketones is 1. The lowest BCUT2D eigenvalue weighted by atomic mass is 10.1. The van der Waals surface area contributed by atoms with E-state index in [9.17, 15) is 4.79 Å². The molecule has 0 aliphatic carbocycles. The molecule has 2 aromatic rings. The summed E-state index contributed by atoms with van der Waals surface area (Å²) in [5.41, 5.74) is 1.20. The van der Waals surface area contributed by atoms with Crippen LogP contribution < -0.4 is 4.74 Å². The first-order valence-corrected chi connectivity index (χ1v) is 5.07. The van der Waals surface area contributed by atoms with E-state index in [2.05, 4.69) is 15.0 Å². The van der Waals surface area contributed by atoms with Crippen molar-refractivity contribution in [1.82, 2.24) is 15.0 Å². The van der Waals surface area contributed by atoms with E-state index in [4.69, 9.17) is 4.74 Å². The molecule has 0 saturated heterocycles. The van der Waals surface area contributed by atoms with Crippen LogP contribution in [-0.2, 0) is 6.42 Å². The van der Waals surface area contributed by atoms with Crippen molar-refractivity contribution in [1.29, 1.82) is 0 Å². The number of pyridine rings is 1. The summed E-state index contributed by atoms with van der Waals surface area (Å²) in [6.07, 6.45) is 4.92. The van der Waals surface area contributed by atoms with Gasteiger partial charge in [0.15, 0.2) is 5.78 Å². The van der Waals surface area contributed by atoms with Crippen LogP contribution in [0.5, 0.6) is 5.88 Å². The monoisotopic (exact) mass is 229 g/mol. The van der Waals surface area contributed by atoms with Gasteiger partial charge in [0.05, 0.1) is 7.11 Å². The third-order valence-corrected chi connectivity index (χ3v) is 2.22. The molecule has 0 N–H and O–H groups in total. The van der Waals surface area contributed by atoms with Crippen LogP contribution in [-0.4, -0.2) is 27.8 Å². The van der Waals surface area contributed by atoms with E-state index in [-0.39, 0.29) is 12.2 Å². The summed E-state index contributed by atoms with van der Waals surface area (Å²) in [5.74, 6) is 0.299. The number of rotatable bonds is 4. The molecule has 0 radical (unpaired) electrons. The van der Waals surface area contributed by atoms with E-state index in [1.807, 2.05) is 6.07 Å². The average Bonchev–Trinajstić information content (AvgIpc) is 2.40. The fourth-order valence-electron chi connectivity index (χ4n) is 1.38. The summed E-state index contributed by atoms with van der Waals surface area (Å²) in [6, 6.07) is 5.17. The predicted molar refractivity (Wildman–Crippen MR) is 60.9 cm³/mol. The Hall–Kier alpha value is -2.30. The van der Waals surface area contributed by atoms with Gasteiger partial charge in [0.2, 0.25) is 5.88 Å². The molecule has 2 rings (SSSR count). The largest absolute Gasteiger partial charge is 0.481 e. The fraction of sp³-hybridized carbons (Fsp3) is 0.167. The summed E-state index contributed by atoms with van der Waals surface area (Å²) in [6.45, 7) is 0. The summed E-state index contributed by atoms with van der Waals surface area (Å²) >= 11 is 0. The van der Waals surface area contributed by atoms with Gasteiger partial charge in [-0.05, 0) is 11.6 Å². The van der Waals surface area contributed by atoms with Crippen molar-refractivity contribution in [3.8, 4) is 5.88 Å². The van der Waals surface area contributed by atoms with E-state index in [0.717, 1.165) is 5.56 Å². The van der Waals surface area contributed by atoms with Crippen LogP contribution in [0.2, 0.25) is 0 Å². The Bertz CT molecular complexity index is 514. The minimum atomic E-state index is -0.0845. The predicted octanol–water partition coefficient (Wildman–Crippen LogP) is 1.31. The van der Waals surface area contributed by atoms with Gasteiger partial charge >= 0.3 is 0 Å². The molecule has 0 aliphatic rings. The lowest BCUT2D eigenvalue weighted by molar-refractivity contribution is 0.0987. The fourth-order valence-corrected chi connectivity index (χ4v) is 1.38. The first kappa shape index (κ1) is 11.2. The molecule has 0 fully saturated rings. The van der Waals surface area contributed by atoms with Gasteiger partial charge in [0.25, 0.3) is 0 Å². The van der Waals surface area contributed by atoms with Crippen molar-refractivity contribution in [3.05, 3.63) is 48.2 Å². The highest BCUT2D eigenvalue weighted by Gasteiger charge is 2.10. The molecule has 0 saturated carbocycles. The van der Waals surface area contributed by atoms with Crippen molar-refractivity contribution in [3.63, 3.8) is 0 Å². The molecular formula is C12H11N3O2. The van der Waals surface area contributed by atoms with Gasteiger partial charge in [-0.2, -0.15) is 0 Å². The summed E-state index contributed by atoms with van der Waals surface area (Å²) in [5, 5.41) is 0. The zero-order valence-electron chi connectivity index (χ0n) is 9.33. The Balaban J connectivity index is 2.14. The number of nitrogens with zero attached hydrogens (tertiary/aromatic N) is 3. The van der Waals surface area contributed by atoms with Gasteiger partial charge in [-0.1, -0.05) is 6.07 Å². The van der Waals surface area contributed by atoms with Gasteiger partial charge < -0.3 is 4.74 Å². The van der Waals surface area contributed by atoms with E-state index < -0.39 is 0 Å². The SMILES string of the molecule is COc1cc(C(=O)Cc2cccnc2)ncn1. The van der Waals surface area contributed by atoms with Gasteiger partial charge in [0.1, 0.15) is 12.0 Å². The molecule has 86 valence electrons. The first-order valence-electron chi connectivity index (χ1n) is 5.07. The van der Waals surface area contributed by atoms with Crippen molar-refractivity contribution < 1.29 is 9.53 Å². The molecule has 0 aromatic carbocycles. The Kier molecular flexibility index (Phi) is 3.40. The van der Waals surface area contributed by atoms with Crippen molar-refractivity contribution in [2.45, 2.75) is 6.42 Å². The van der Waals surface area contributed by atoms with Gasteiger partial charge in [-0.25, -0.2) is 9.97 Å². The first-order chi connectivity index (χ1) is 8.29. The lowest BCUT2D eigenvalue weighted by Crippen LogP contribution is -2.07. The van der Waals surface area contributed by atoms with E-state index >= 15 is 0 Å². The average molecular weight is 229 g/mol. The number of aromatic nitrogens is 3. The molecule has 0 aliphatic heterocycles. The molecule has 0 amide bonds. The molecule has 0 atom stereocenters. The van der Waals surface area contributed by atoms with Gasteiger partial charge in [-0.15, -0.1) is 0 Å². The third-order valence-electron chi connectivity index (χ3n) is 2.22. The zero-order chi connectivity index (χ0) is 12.1. The molecule has 5 heteroatoms. The number of ether oxygens (including phenoxy) is 1. The molecule has 2 heterocycles. The number of carbonyl (C=O) groups excluding carboxylic acids is 1. The molecule has 5 nitrogen and oxygen atoms in total. The maximum atomic E-state index is 11.9. The highest BCUT2D eigenvalue weighted by atomic mass is 16.5. The Morgan fingerprint density at radius 1 is 1.41 bits per heavy atom. The van der Waals surface area contributed by atoms with Crippen LogP contribution in [0.25, 0.3) is 0 Å². The summed E-state index contributed by atoms with van der Waals surface area (Å²) < 4.78 is 4.94. The minimum absolute atomic E-state index is 0.0845. The number of Topliss-reactive ketones (excluding diaryl/α,β-unsaturated/α-hetero) is 1. The van der Waals surface area contributed by atoms with E-state index in [1.165, 1.54) is 19.5 Å². The van der Waals surface area contributed by atoms with E-state index in [0.29, 0.717) is 11.6 Å². The van der Waals surface area contributed by atoms with Crippen LogP contribution in [0, 0.1) is 0 Å². The maximum absolute atomic E-state index is 11.9. The highest BCUT2D eigenvalue weighted by Crippen LogP contribution is 2.09. The number of methoxy groups -OCH3 is 1. The van der Waals surface area contributed by atoms with Crippen molar-refractivity contribution >= 4 is 5.78 Å². The Morgan fingerprint density at radius 3 is 3.00 bits per heavy atom. The number of hydrogen-bond donors (Lipinski definition) is 0. The molecule has 17 heavy (non-hydrogen) atoms. The van der Waals surface area contributed by atoms with Gasteiger partial charge in [-0.3, -0.25) is 9.78 Å². The molecular weight excluding hydrogens is 218 g/mol. The Labute approximate surface area is 98.5 Å². The second kappa shape index (κ2) is 5.16. The smallest absolute Gasteiger partial charge is 0.216 e. The van der Waals surface area contributed by atoms with Crippen LogP contribution >= 0.6 is 0 Å². The van der Waals surface area contributed by atoms with Crippen LogP contribution in [0.3, 0.4) is 0 Å². The summed E-state index contributed by atoms with van der Waals surface area (Å²) in [4.78, 5) is 23.6. The van der Waals surface area contributed by atoms with Gasteiger partial charge in [0, 0.05) is 24.9 Å². The van der Waals surface area contributed by atoms with E-state index in [1.54, 1.807) is 18.5 Å². The normalized spacial score (nSPS) is 9.94. The lowest BCUT2D eigenvalue weighted by Gasteiger charge is -2.02. The zero-order valence-corrected chi connectivity index (χ0v) is 9.33. The second-order valence-electron chi connectivity index (χ2n) is 3.41. The summed E-state index contributed by atoms with van der Waals surface area (Å²) in [7, 11) is 1.50. The van der Waals surface area contributed by atoms with Crippen LogP contribution in [0.15, 0.2) is 36.9 Å². The molecule has 2 aromatic heterocycles. The molecule has 0 bridgehead atoms. The molecule has 0 spiro atoms.